The Balaban J connectivity index is 1.59. The molecule has 0 aliphatic carbocycles. The van der Waals surface area contributed by atoms with Crippen LogP contribution in [0.2, 0.25) is 0 Å². The summed E-state index contributed by atoms with van der Waals surface area (Å²) in [4.78, 5) is 16.4. The molecule has 2 aromatic carbocycles. The fourth-order valence-electron chi connectivity index (χ4n) is 3.08. The molecule has 0 aromatic heterocycles. The number of aromatic hydroxyl groups is 1. The van der Waals surface area contributed by atoms with Crippen LogP contribution in [-0.2, 0) is 4.79 Å². The highest BCUT2D eigenvalue weighted by molar-refractivity contribution is 5.94. The number of rotatable bonds is 4. The molecule has 1 amide bonds. The van der Waals surface area contributed by atoms with Crippen molar-refractivity contribution < 1.29 is 18.7 Å². The number of piperazine rings is 1. The minimum absolute atomic E-state index is 0.158. The lowest BCUT2D eigenvalue weighted by Gasteiger charge is -2.38. The van der Waals surface area contributed by atoms with E-state index in [1.807, 2.05) is 17.0 Å². The molecule has 0 bridgehead atoms. The van der Waals surface area contributed by atoms with E-state index in [0.29, 0.717) is 26.2 Å². The molecule has 5 nitrogen and oxygen atoms in total. The molecule has 2 N–H and O–H groups in total. The molecular formula is C19H21F2N3O2. The monoisotopic (exact) mass is 361 g/mol. The Bertz CT molecular complexity index is 792. The van der Waals surface area contributed by atoms with Crippen LogP contribution in [0.15, 0.2) is 42.5 Å². The zero-order valence-electron chi connectivity index (χ0n) is 14.5. The average Bonchev–Trinajstić information content (AvgIpc) is 2.64. The van der Waals surface area contributed by atoms with Gasteiger partial charge in [-0.05, 0) is 31.2 Å². The third-order valence-electron chi connectivity index (χ3n) is 4.65. The molecule has 1 aliphatic rings. The molecule has 1 heterocycles. The first-order valence-electron chi connectivity index (χ1n) is 8.48. The van der Waals surface area contributed by atoms with Crippen molar-refractivity contribution in [3.8, 4) is 5.75 Å². The maximum atomic E-state index is 13.7. The lowest BCUT2D eigenvalue weighted by molar-refractivity contribution is -0.120. The first kappa shape index (κ1) is 18.1. The molecule has 0 saturated carbocycles. The Morgan fingerprint density at radius 1 is 1.12 bits per heavy atom. The van der Waals surface area contributed by atoms with Crippen molar-refractivity contribution in [3.63, 3.8) is 0 Å². The molecule has 0 spiro atoms. The van der Waals surface area contributed by atoms with Gasteiger partial charge in [0, 0.05) is 32.2 Å². The van der Waals surface area contributed by atoms with Crippen LogP contribution in [0.4, 0.5) is 20.2 Å². The Hall–Kier alpha value is -2.67. The summed E-state index contributed by atoms with van der Waals surface area (Å²) in [6.07, 6.45) is 0. The standard InChI is InChI=1S/C19H21F2N3O2/c1-13(19(26)22-16-12-14(20)6-7-15(16)21)23-8-10-24(11-9-23)17-4-2-3-5-18(17)25/h2-7,12-13,25H,8-11H2,1H3,(H,22,26)/t13-/m1/s1. The van der Waals surface area contributed by atoms with Gasteiger partial charge in [-0.2, -0.15) is 0 Å². The highest BCUT2D eigenvalue weighted by Crippen LogP contribution is 2.27. The van der Waals surface area contributed by atoms with Crippen molar-refractivity contribution in [2.45, 2.75) is 13.0 Å². The smallest absolute Gasteiger partial charge is 0.241 e. The van der Waals surface area contributed by atoms with Gasteiger partial charge in [-0.25, -0.2) is 8.78 Å². The van der Waals surface area contributed by atoms with E-state index in [1.165, 1.54) is 0 Å². The molecule has 2 aromatic rings. The fourth-order valence-corrected chi connectivity index (χ4v) is 3.08. The van der Waals surface area contributed by atoms with Crippen LogP contribution in [-0.4, -0.2) is 48.1 Å². The Kier molecular flexibility index (Phi) is 5.37. The molecule has 1 saturated heterocycles. The Morgan fingerprint density at radius 3 is 2.50 bits per heavy atom. The van der Waals surface area contributed by atoms with E-state index in [9.17, 15) is 18.7 Å². The quantitative estimate of drug-likeness (QED) is 0.879. The summed E-state index contributed by atoms with van der Waals surface area (Å²) >= 11 is 0. The number of phenols is 1. The molecule has 7 heteroatoms. The number of hydrogen-bond acceptors (Lipinski definition) is 4. The predicted molar refractivity (Wildman–Crippen MR) is 96.3 cm³/mol. The number of benzene rings is 2. The van der Waals surface area contributed by atoms with Gasteiger partial charge in [-0.15, -0.1) is 0 Å². The number of nitrogens with one attached hydrogen (secondary N) is 1. The van der Waals surface area contributed by atoms with Crippen molar-refractivity contribution in [3.05, 3.63) is 54.1 Å². The normalized spacial score (nSPS) is 16.3. The first-order chi connectivity index (χ1) is 12.5. The van der Waals surface area contributed by atoms with Gasteiger partial charge in [0.15, 0.2) is 0 Å². The maximum absolute atomic E-state index is 13.7. The van der Waals surface area contributed by atoms with Gasteiger partial charge < -0.3 is 15.3 Å². The predicted octanol–water partition coefficient (Wildman–Crippen LogP) is 2.82. The van der Waals surface area contributed by atoms with Crippen LogP contribution >= 0.6 is 0 Å². The van der Waals surface area contributed by atoms with Gasteiger partial charge in [0.2, 0.25) is 5.91 Å². The molecule has 26 heavy (non-hydrogen) atoms. The van der Waals surface area contributed by atoms with Gasteiger partial charge in [0.1, 0.15) is 17.4 Å². The number of carbonyl (C=O) groups is 1. The summed E-state index contributed by atoms with van der Waals surface area (Å²) in [5, 5.41) is 12.4. The van der Waals surface area contributed by atoms with E-state index in [-0.39, 0.29) is 17.3 Å². The lowest BCUT2D eigenvalue weighted by atomic mass is 10.2. The minimum Gasteiger partial charge on any atom is -0.506 e. The van der Waals surface area contributed by atoms with Gasteiger partial charge in [0.25, 0.3) is 0 Å². The minimum atomic E-state index is -0.670. The molecular weight excluding hydrogens is 340 g/mol. The van der Waals surface area contributed by atoms with Crippen LogP contribution in [0.5, 0.6) is 5.75 Å². The molecule has 3 rings (SSSR count). The van der Waals surface area contributed by atoms with E-state index in [4.69, 9.17) is 0 Å². The topological polar surface area (TPSA) is 55.8 Å². The summed E-state index contributed by atoms with van der Waals surface area (Å²) in [5.41, 5.74) is 0.612. The van der Waals surface area contributed by atoms with Crippen LogP contribution < -0.4 is 10.2 Å². The van der Waals surface area contributed by atoms with Crippen LogP contribution in [0.3, 0.4) is 0 Å². The Morgan fingerprint density at radius 2 is 1.81 bits per heavy atom. The van der Waals surface area contributed by atoms with E-state index in [0.717, 1.165) is 23.9 Å². The number of para-hydroxylation sites is 2. The zero-order valence-corrected chi connectivity index (χ0v) is 14.5. The second-order valence-corrected chi connectivity index (χ2v) is 6.30. The van der Waals surface area contributed by atoms with Crippen LogP contribution in [0.1, 0.15) is 6.92 Å². The highest BCUT2D eigenvalue weighted by atomic mass is 19.1. The third-order valence-corrected chi connectivity index (χ3v) is 4.65. The first-order valence-corrected chi connectivity index (χ1v) is 8.48. The SMILES string of the molecule is C[C@H](C(=O)Nc1cc(F)ccc1F)N1CCN(c2ccccc2O)CC1. The van der Waals surface area contributed by atoms with Gasteiger partial charge in [-0.3, -0.25) is 9.69 Å². The number of phenolic OH excluding ortho intramolecular Hbond substituents is 1. The number of hydrogen-bond donors (Lipinski definition) is 2. The van der Waals surface area contributed by atoms with E-state index < -0.39 is 17.7 Å². The largest absolute Gasteiger partial charge is 0.506 e. The number of anilines is 2. The second-order valence-electron chi connectivity index (χ2n) is 6.30. The van der Waals surface area contributed by atoms with Gasteiger partial charge in [-0.1, -0.05) is 12.1 Å². The van der Waals surface area contributed by atoms with Crippen LogP contribution in [0, 0.1) is 11.6 Å². The molecule has 0 unspecified atom stereocenters. The molecule has 0 radical (unpaired) electrons. The van der Waals surface area contributed by atoms with Gasteiger partial charge in [0.05, 0.1) is 17.4 Å². The fraction of sp³-hybridized carbons (Fsp3) is 0.316. The summed E-state index contributed by atoms with van der Waals surface area (Å²) in [7, 11) is 0. The molecule has 1 aliphatic heterocycles. The van der Waals surface area contributed by atoms with Crippen molar-refractivity contribution >= 4 is 17.3 Å². The number of nitrogens with zero attached hydrogens (tertiary/aromatic N) is 2. The summed E-state index contributed by atoms with van der Waals surface area (Å²) < 4.78 is 26.9. The van der Waals surface area contributed by atoms with Crippen molar-refractivity contribution in [1.82, 2.24) is 4.90 Å². The molecule has 138 valence electrons. The van der Waals surface area contributed by atoms with Gasteiger partial charge >= 0.3 is 0 Å². The highest BCUT2D eigenvalue weighted by Gasteiger charge is 2.27. The summed E-state index contributed by atoms with van der Waals surface area (Å²) in [6, 6.07) is 9.62. The number of amides is 1. The lowest BCUT2D eigenvalue weighted by Crippen LogP contribution is -2.52. The maximum Gasteiger partial charge on any atom is 0.241 e. The average molecular weight is 361 g/mol. The summed E-state index contributed by atoms with van der Waals surface area (Å²) in [6.45, 7) is 4.29. The van der Waals surface area contributed by atoms with Crippen molar-refractivity contribution in [1.29, 1.82) is 0 Å². The summed E-state index contributed by atoms with van der Waals surface area (Å²) in [5.74, 6) is -1.43. The molecule has 1 atom stereocenters. The van der Waals surface area contributed by atoms with E-state index in [2.05, 4.69) is 10.2 Å². The van der Waals surface area contributed by atoms with Crippen molar-refractivity contribution in [2.75, 3.05) is 36.4 Å². The third kappa shape index (κ3) is 3.94. The van der Waals surface area contributed by atoms with E-state index in [1.54, 1.807) is 19.1 Å². The van der Waals surface area contributed by atoms with Crippen LogP contribution in [0.25, 0.3) is 0 Å². The number of halogens is 2. The number of carbonyl (C=O) groups excluding carboxylic acids is 1. The Labute approximate surface area is 150 Å². The molecule has 1 fully saturated rings. The zero-order chi connectivity index (χ0) is 18.7. The van der Waals surface area contributed by atoms with E-state index >= 15 is 0 Å². The van der Waals surface area contributed by atoms with Crippen molar-refractivity contribution in [2.24, 2.45) is 0 Å². The second kappa shape index (κ2) is 7.70.